The number of Topliss-reactive ketones (excluding diaryl/α,β-unsaturated/α-hetero) is 1. The van der Waals surface area contributed by atoms with Gasteiger partial charge in [0.2, 0.25) is 0 Å². The van der Waals surface area contributed by atoms with Gasteiger partial charge in [-0.05, 0) is 45.1 Å². The molecule has 1 aliphatic rings. The Balaban J connectivity index is 2.00. The predicted molar refractivity (Wildman–Crippen MR) is 70.1 cm³/mol. The van der Waals surface area contributed by atoms with Crippen LogP contribution in [0.3, 0.4) is 0 Å². The summed E-state index contributed by atoms with van der Waals surface area (Å²) < 4.78 is 5.16. The molecule has 98 valence electrons. The van der Waals surface area contributed by atoms with E-state index in [-0.39, 0.29) is 5.78 Å². The van der Waals surface area contributed by atoms with Crippen molar-refractivity contribution in [1.29, 1.82) is 0 Å². The number of thiophene rings is 1. The van der Waals surface area contributed by atoms with Gasteiger partial charge in [-0.2, -0.15) is 0 Å². The third kappa shape index (κ3) is 2.90. The van der Waals surface area contributed by atoms with Crippen molar-refractivity contribution < 1.29 is 14.3 Å². The predicted octanol–water partition coefficient (Wildman–Crippen LogP) is 2.77. The second-order valence-electron chi connectivity index (χ2n) is 5.36. The lowest BCUT2D eigenvalue weighted by atomic mass is 9.93. The lowest BCUT2D eigenvalue weighted by Gasteiger charge is -2.25. The Bertz CT molecular complexity index is 473. The van der Waals surface area contributed by atoms with Gasteiger partial charge in [-0.25, -0.2) is 4.79 Å². The summed E-state index contributed by atoms with van der Waals surface area (Å²) in [5, 5.41) is 4.56. The molecular formula is C13H17NO3S. The van der Waals surface area contributed by atoms with Gasteiger partial charge in [0, 0.05) is 10.4 Å². The van der Waals surface area contributed by atoms with Crippen LogP contribution >= 0.6 is 11.3 Å². The molecule has 0 aliphatic heterocycles. The number of carbonyl (C=O) groups is 2. The Morgan fingerprint density at radius 2 is 2.22 bits per heavy atom. The molecule has 1 amide bonds. The Morgan fingerprint density at radius 3 is 2.89 bits per heavy atom. The normalized spacial score (nSPS) is 19.3. The van der Waals surface area contributed by atoms with Gasteiger partial charge < -0.3 is 10.1 Å². The van der Waals surface area contributed by atoms with Crippen molar-refractivity contribution in [2.75, 3.05) is 0 Å². The van der Waals surface area contributed by atoms with E-state index in [4.69, 9.17) is 4.74 Å². The standard InChI is InChI=1S/C13H17NO3S/c1-13(2,3)17-12(16)14-9-4-5-10-8(11(9)15)6-7-18-10/h6-7,9H,4-5H2,1-3H3,(H,14,16). The van der Waals surface area contributed by atoms with Crippen LogP contribution in [-0.4, -0.2) is 23.5 Å². The summed E-state index contributed by atoms with van der Waals surface area (Å²) in [5.74, 6) is -0.0108. The number of amides is 1. The molecule has 0 saturated carbocycles. The van der Waals surface area contributed by atoms with Crippen LogP contribution in [0.25, 0.3) is 0 Å². The number of nitrogens with one attached hydrogen (secondary N) is 1. The summed E-state index contributed by atoms with van der Waals surface area (Å²) in [4.78, 5) is 24.9. The first kappa shape index (κ1) is 13.1. The summed E-state index contributed by atoms with van der Waals surface area (Å²) in [6.07, 6.45) is 0.949. The zero-order valence-corrected chi connectivity index (χ0v) is 11.6. The molecule has 1 aliphatic carbocycles. The second-order valence-corrected chi connectivity index (χ2v) is 6.36. The molecule has 2 rings (SSSR count). The zero-order valence-electron chi connectivity index (χ0n) is 10.8. The van der Waals surface area contributed by atoms with Gasteiger partial charge in [0.25, 0.3) is 0 Å². The largest absolute Gasteiger partial charge is 0.444 e. The Hall–Kier alpha value is -1.36. The van der Waals surface area contributed by atoms with Gasteiger partial charge in [-0.1, -0.05) is 0 Å². The van der Waals surface area contributed by atoms with Crippen molar-refractivity contribution in [2.24, 2.45) is 0 Å². The molecule has 0 fully saturated rings. The van der Waals surface area contributed by atoms with Gasteiger partial charge in [-0.15, -0.1) is 11.3 Å². The second kappa shape index (κ2) is 4.72. The minimum Gasteiger partial charge on any atom is -0.444 e. The number of hydrogen-bond donors (Lipinski definition) is 1. The highest BCUT2D eigenvalue weighted by atomic mass is 32.1. The van der Waals surface area contributed by atoms with E-state index in [9.17, 15) is 9.59 Å². The summed E-state index contributed by atoms with van der Waals surface area (Å²) in [7, 11) is 0. The van der Waals surface area contributed by atoms with Gasteiger partial charge in [0.1, 0.15) is 5.60 Å². The number of ether oxygens (including phenoxy) is 1. The topological polar surface area (TPSA) is 55.4 Å². The number of carbonyl (C=O) groups excluding carboxylic acids is 2. The summed E-state index contributed by atoms with van der Waals surface area (Å²) in [5.41, 5.74) is 0.197. The first-order chi connectivity index (χ1) is 8.37. The van der Waals surface area contributed by atoms with E-state index < -0.39 is 17.7 Å². The van der Waals surface area contributed by atoms with Crippen LogP contribution in [0.1, 0.15) is 42.4 Å². The van der Waals surface area contributed by atoms with Crippen molar-refractivity contribution in [1.82, 2.24) is 5.32 Å². The number of fused-ring (bicyclic) bond motifs is 1. The Kier molecular flexibility index (Phi) is 3.43. The maximum atomic E-state index is 12.1. The summed E-state index contributed by atoms with van der Waals surface area (Å²) in [6.45, 7) is 5.39. The molecule has 1 heterocycles. The molecule has 0 spiro atoms. The average Bonchev–Trinajstić information content (AvgIpc) is 2.68. The van der Waals surface area contributed by atoms with Gasteiger partial charge >= 0.3 is 6.09 Å². The van der Waals surface area contributed by atoms with Crippen LogP contribution in [0.4, 0.5) is 4.79 Å². The van der Waals surface area contributed by atoms with E-state index in [1.54, 1.807) is 32.1 Å². The maximum absolute atomic E-state index is 12.1. The van der Waals surface area contributed by atoms with Gasteiger partial charge in [0.05, 0.1) is 6.04 Å². The quantitative estimate of drug-likeness (QED) is 0.851. The number of ketones is 1. The number of rotatable bonds is 1. The van der Waals surface area contributed by atoms with Crippen LogP contribution in [-0.2, 0) is 11.2 Å². The summed E-state index contributed by atoms with van der Waals surface area (Å²) >= 11 is 1.60. The molecule has 1 aromatic heterocycles. The smallest absolute Gasteiger partial charge is 0.408 e. The molecule has 0 bridgehead atoms. The van der Waals surface area contributed by atoms with E-state index in [2.05, 4.69) is 5.32 Å². The van der Waals surface area contributed by atoms with E-state index in [1.165, 1.54) is 0 Å². The average molecular weight is 267 g/mol. The number of aryl methyl sites for hydroxylation is 1. The van der Waals surface area contributed by atoms with Crippen LogP contribution in [0, 0.1) is 0 Å². The van der Waals surface area contributed by atoms with Crippen LogP contribution < -0.4 is 5.32 Å². The highest BCUT2D eigenvalue weighted by Crippen LogP contribution is 2.26. The van der Waals surface area contributed by atoms with E-state index in [0.717, 1.165) is 16.9 Å². The van der Waals surface area contributed by atoms with Crippen LogP contribution in [0.5, 0.6) is 0 Å². The van der Waals surface area contributed by atoms with E-state index >= 15 is 0 Å². The van der Waals surface area contributed by atoms with Crippen molar-refractivity contribution in [2.45, 2.75) is 45.3 Å². The molecule has 0 radical (unpaired) electrons. The summed E-state index contributed by atoms with van der Waals surface area (Å²) in [6, 6.07) is 1.37. The molecule has 1 N–H and O–H groups in total. The third-order valence-electron chi connectivity index (χ3n) is 2.68. The molecule has 18 heavy (non-hydrogen) atoms. The minimum atomic E-state index is -0.546. The molecule has 5 heteroatoms. The highest BCUT2D eigenvalue weighted by Gasteiger charge is 2.30. The van der Waals surface area contributed by atoms with Gasteiger partial charge in [-0.3, -0.25) is 4.79 Å². The van der Waals surface area contributed by atoms with Crippen molar-refractivity contribution in [3.05, 3.63) is 21.9 Å². The highest BCUT2D eigenvalue weighted by molar-refractivity contribution is 7.10. The minimum absolute atomic E-state index is 0.0108. The molecule has 1 aromatic rings. The van der Waals surface area contributed by atoms with Crippen LogP contribution in [0.2, 0.25) is 0 Å². The lowest BCUT2D eigenvalue weighted by Crippen LogP contribution is -2.45. The van der Waals surface area contributed by atoms with Gasteiger partial charge in [0.15, 0.2) is 5.78 Å². The SMILES string of the molecule is CC(C)(C)OC(=O)NC1CCc2sccc2C1=O. The molecule has 0 aromatic carbocycles. The Morgan fingerprint density at radius 1 is 1.50 bits per heavy atom. The molecule has 1 unspecified atom stereocenters. The third-order valence-corrected chi connectivity index (χ3v) is 3.66. The first-order valence-electron chi connectivity index (χ1n) is 5.97. The fourth-order valence-electron chi connectivity index (χ4n) is 1.94. The molecular weight excluding hydrogens is 250 g/mol. The Labute approximate surface area is 110 Å². The molecule has 0 saturated heterocycles. The fraction of sp³-hybridized carbons (Fsp3) is 0.538. The first-order valence-corrected chi connectivity index (χ1v) is 6.85. The monoisotopic (exact) mass is 267 g/mol. The zero-order chi connectivity index (χ0) is 13.3. The maximum Gasteiger partial charge on any atom is 0.408 e. The van der Waals surface area contributed by atoms with Crippen LogP contribution in [0.15, 0.2) is 11.4 Å². The van der Waals surface area contributed by atoms with Crippen molar-refractivity contribution in [3.8, 4) is 0 Å². The number of hydrogen-bond acceptors (Lipinski definition) is 4. The van der Waals surface area contributed by atoms with Crippen molar-refractivity contribution in [3.63, 3.8) is 0 Å². The van der Waals surface area contributed by atoms with Crippen molar-refractivity contribution >= 4 is 23.2 Å². The molecule has 4 nitrogen and oxygen atoms in total. The fourth-order valence-corrected chi connectivity index (χ4v) is 2.84. The van der Waals surface area contributed by atoms with E-state index in [0.29, 0.717) is 6.42 Å². The molecule has 1 atom stereocenters. The number of alkyl carbamates (subject to hydrolysis) is 1. The lowest BCUT2D eigenvalue weighted by molar-refractivity contribution is 0.0487. The van der Waals surface area contributed by atoms with E-state index in [1.807, 2.05) is 11.4 Å².